The highest BCUT2D eigenvalue weighted by Gasteiger charge is 2.39. The van der Waals surface area contributed by atoms with Crippen LogP contribution >= 0.6 is 0 Å². The van der Waals surface area contributed by atoms with E-state index in [1.807, 2.05) is 25.1 Å². The van der Waals surface area contributed by atoms with Gasteiger partial charge < -0.3 is 19.3 Å². The Balaban J connectivity index is 1.83. The lowest BCUT2D eigenvalue weighted by atomic mass is 9.91. The number of ether oxygens (including phenoxy) is 3. The summed E-state index contributed by atoms with van der Waals surface area (Å²) in [6.07, 6.45) is 2.23. The second kappa shape index (κ2) is 9.94. The third kappa shape index (κ3) is 5.42. The van der Waals surface area contributed by atoms with Gasteiger partial charge in [-0.05, 0) is 31.7 Å². The fraction of sp³-hybridized carbons (Fsp3) is 0.600. The summed E-state index contributed by atoms with van der Waals surface area (Å²) in [6, 6.07) is 10.1. The molecular weight excluding hydrogens is 304 g/mol. The van der Waals surface area contributed by atoms with Crippen molar-refractivity contribution in [2.24, 2.45) is 11.8 Å². The monoisotopic (exact) mass is 334 g/mol. The van der Waals surface area contributed by atoms with E-state index in [-0.39, 0.29) is 24.7 Å². The molecule has 0 spiro atoms. The van der Waals surface area contributed by atoms with Crippen LogP contribution in [0.3, 0.4) is 0 Å². The van der Waals surface area contributed by atoms with Crippen LogP contribution < -0.4 is 0 Å². The zero-order valence-corrected chi connectivity index (χ0v) is 14.8. The van der Waals surface area contributed by atoms with Gasteiger partial charge in [-0.15, -0.1) is 0 Å². The molecule has 4 heteroatoms. The Morgan fingerprint density at radius 2 is 2.04 bits per heavy atom. The van der Waals surface area contributed by atoms with Crippen molar-refractivity contribution in [3.63, 3.8) is 0 Å². The first-order valence-electron chi connectivity index (χ1n) is 8.69. The number of benzene rings is 1. The quantitative estimate of drug-likeness (QED) is 0.404. The first-order chi connectivity index (χ1) is 11.6. The molecule has 1 fully saturated rings. The summed E-state index contributed by atoms with van der Waals surface area (Å²) in [7, 11) is 1.62. The highest BCUT2D eigenvalue weighted by molar-refractivity contribution is 5.13. The van der Waals surface area contributed by atoms with Crippen LogP contribution in [0, 0.1) is 11.8 Å². The highest BCUT2D eigenvalue weighted by atomic mass is 16.7. The fourth-order valence-electron chi connectivity index (χ4n) is 3.50. The minimum Gasteiger partial charge on any atom is -0.392 e. The lowest BCUT2D eigenvalue weighted by Crippen LogP contribution is -2.34. The summed E-state index contributed by atoms with van der Waals surface area (Å²) < 4.78 is 16.7. The molecule has 4 nitrogen and oxygen atoms in total. The van der Waals surface area contributed by atoms with Crippen LogP contribution in [-0.4, -0.2) is 37.8 Å². The summed E-state index contributed by atoms with van der Waals surface area (Å²) >= 11 is 0. The van der Waals surface area contributed by atoms with Gasteiger partial charge in [0.05, 0.1) is 18.8 Å². The molecule has 2 rings (SSSR count). The first kappa shape index (κ1) is 19.1. The fourth-order valence-corrected chi connectivity index (χ4v) is 3.50. The Bertz CT molecular complexity index is 488. The molecule has 24 heavy (non-hydrogen) atoms. The van der Waals surface area contributed by atoms with Crippen molar-refractivity contribution in [3.8, 4) is 0 Å². The van der Waals surface area contributed by atoms with Crippen molar-refractivity contribution in [2.75, 3.05) is 20.5 Å². The third-order valence-electron chi connectivity index (χ3n) is 4.83. The normalized spacial score (nSPS) is 24.9. The topological polar surface area (TPSA) is 47.9 Å². The summed E-state index contributed by atoms with van der Waals surface area (Å²) in [5.74, 6) is 0.288. The maximum Gasteiger partial charge on any atom is 0.146 e. The van der Waals surface area contributed by atoms with Crippen LogP contribution in [-0.2, 0) is 20.8 Å². The lowest BCUT2D eigenvalue weighted by Gasteiger charge is -2.28. The van der Waals surface area contributed by atoms with Crippen molar-refractivity contribution in [2.45, 2.75) is 45.0 Å². The lowest BCUT2D eigenvalue weighted by molar-refractivity contribution is -0.115. The number of aliphatic hydroxyl groups excluding tert-OH is 1. The number of methoxy groups -OCH3 is 1. The van der Waals surface area contributed by atoms with Crippen molar-refractivity contribution in [3.05, 3.63) is 48.0 Å². The molecule has 0 radical (unpaired) electrons. The minimum atomic E-state index is -0.390. The van der Waals surface area contributed by atoms with Gasteiger partial charge in [-0.2, -0.15) is 0 Å². The first-order valence-corrected chi connectivity index (χ1v) is 8.69. The van der Waals surface area contributed by atoms with E-state index in [9.17, 15) is 5.11 Å². The van der Waals surface area contributed by atoms with E-state index in [4.69, 9.17) is 14.2 Å². The highest BCUT2D eigenvalue weighted by Crippen LogP contribution is 2.38. The Hall–Kier alpha value is -1.20. The van der Waals surface area contributed by atoms with Gasteiger partial charge in [0.25, 0.3) is 0 Å². The molecule has 1 aliphatic carbocycles. The van der Waals surface area contributed by atoms with Gasteiger partial charge in [0.2, 0.25) is 0 Å². The van der Waals surface area contributed by atoms with Gasteiger partial charge in [0.1, 0.15) is 6.79 Å². The van der Waals surface area contributed by atoms with Crippen molar-refractivity contribution >= 4 is 0 Å². The van der Waals surface area contributed by atoms with Crippen LogP contribution in [0.2, 0.25) is 0 Å². The zero-order chi connectivity index (χ0) is 17.4. The predicted molar refractivity (Wildman–Crippen MR) is 94.5 cm³/mol. The Morgan fingerprint density at radius 1 is 1.29 bits per heavy atom. The average Bonchev–Trinajstić information content (AvgIpc) is 2.97. The van der Waals surface area contributed by atoms with E-state index in [1.165, 1.54) is 0 Å². The molecule has 0 bridgehead atoms. The molecule has 134 valence electrons. The summed E-state index contributed by atoms with van der Waals surface area (Å²) in [6.45, 7) is 7.43. The second-order valence-electron chi connectivity index (χ2n) is 6.62. The van der Waals surface area contributed by atoms with Crippen LogP contribution in [0.15, 0.2) is 42.5 Å². The molecule has 1 saturated carbocycles. The molecule has 0 heterocycles. The molecule has 1 aromatic carbocycles. The standard InChI is InChI=1S/C20H30O4/c1-15(2)17-9-10-18(20(17)21)19(24-14-22-3)11-12-23-13-16-7-5-4-6-8-16/h4-8,17-21H,1,9-14H2,2-3H3/t17-,18-,19-,20+/m1/s1. The maximum atomic E-state index is 10.6. The third-order valence-corrected chi connectivity index (χ3v) is 4.83. The number of rotatable bonds is 10. The van der Waals surface area contributed by atoms with Gasteiger partial charge >= 0.3 is 0 Å². The molecule has 0 aromatic heterocycles. The SMILES string of the molecule is C=C(C)[C@H]1CC[C@H]([C@@H](CCOCc2ccccc2)OCOC)[C@H]1O. The van der Waals surface area contributed by atoms with Crippen LogP contribution in [0.4, 0.5) is 0 Å². The van der Waals surface area contributed by atoms with Gasteiger partial charge in [-0.25, -0.2) is 0 Å². The van der Waals surface area contributed by atoms with Gasteiger partial charge in [0.15, 0.2) is 0 Å². The minimum absolute atomic E-state index is 0.0555. The number of hydrogen-bond acceptors (Lipinski definition) is 4. The van der Waals surface area contributed by atoms with E-state index in [0.29, 0.717) is 13.2 Å². The molecule has 0 amide bonds. The Kier molecular flexibility index (Phi) is 7.92. The van der Waals surface area contributed by atoms with Crippen molar-refractivity contribution < 1.29 is 19.3 Å². The Labute approximate surface area is 145 Å². The molecule has 0 unspecified atom stereocenters. The molecule has 1 aromatic rings. The summed E-state index contributed by atoms with van der Waals surface area (Å²) in [5, 5.41) is 10.6. The largest absolute Gasteiger partial charge is 0.392 e. The van der Waals surface area contributed by atoms with Crippen molar-refractivity contribution in [1.29, 1.82) is 0 Å². The molecule has 4 atom stereocenters. The smallest absolute Gasteiger partial charge is 0.146 e. The Morgan fingerprint density at radius 3 is 2.67 bits per heavy atom. The second-order valence-corrected chi connectivity index (χ2v) is 6.62. The van der Waals surface area contributed by atoms with Crippen LogP contribution in [0.25, 0.3) is 0 Å². The average molecular weight is 334 g/mol. The number of aliphatic hydroxyl groups is 1. The molecule has 0 saturated heterocycles. The van der Waals surface area contributed by atoms with Gasteiger partial charge in [0, 0.05) is 25.6 Å². The molecule has 1 N–H and O–H groups in total. The summed E-state index contributed by atoms with van der Waals surface area (Å²) in [5.41, 5.74) is 2.21. The van der Waals surface area contributed by atoms with E-state index in [2.05, 4.69) is 18.7 Å². The zero-order valence-electron chi connectivity index (χ0n) is 14.8. The van der Waals surface area contributed by atoms with Gasteiger partial charge in [-0.1, -0.05) is 42.5 Å². The van der Waals surface area contributed by atoms with E-state index < -0.39 is 6.10 Å². The predicted octanol–water partition coefficient (Wildman–Crippen LogP) is 3.55. The van der Waals surface area contributed by atoms with Gasteiger partial charge in [-0.3, -0.25) is 0 Å². The summed E-state index contributed by atoms with van der Waals surface area (Å²) in [4.78, 5) is 0. The van der Waals surface area contributed by atoms with E-state index in [1.54, 1.807) is 7.11 Å². The van der Waals surface area contributed by atoms with Crippen molar-refractivity contribution in [1.82, 2.24) is 0 Å². The van der Waals surface area contributed by atoms with E-state index in [0.717, 1.165) is 30.4 Å². The van der Waals surface area contributed by atoms with Crippen LogP contribution in [0.1, 0.15) is 31.7 Å². The number of hydrogen-bond donors (Lipinski definition) is 1. The van der Waals surface area contributed by atoms with Crippen LogP contribution in [0.5, 0.6) is 0 Å². The molecule has 1 aliphatic rings. The molecular formula is C20H30O4. The van der Waals surface area contributed by atoms with E-state index >= 15 is 0 Å². The maximum absolute atomic E-state index is 10.6. The molecule has 0 aliphatic heterocycles.